The van der Waals surface area contributed by atoms with Gasteiger partial charge in [-0.15, -0.1) is 0 Å². The molecule has 0 aliphatic carbocycles. The number of aliphatic hydroxyl groups is 3. The molecule has 2 heterocycles. The van der Waals surface area contributed by atoms with E-state index < -0.39 is 47.6 Å². The number of ether oxygens (including phenoxy) is 2. The lowest BCUT2D eigenvalue weighted by molar-refractivity contribution is -0.268. The minimum Gasteiger partial charge on any atom is -0.508 e. The largest absolute Gasteiger partial charge is 0.508 e. The van der Waals surface area contributed by atoms with E-state index in [-0.39, 0.29) is 33.8 Å². The molecule has 1 saturated heterocycles. The Kier molecular flexibility index (Phi) is 5.23. The number of rotatable bonds is 3. The minimum absolute atomic E-state index is 0.133. The van der Waals surface area contributed by atoms with E-state index in [4.69, 9.17) is 13.9 Å². The van der Waals surface area contributed by atoms with E-state index in [0.717, 1.165) is 12.1 Å². The van der Waals surface area contributed by atoms with Crippen LogP contribution in [-0.4, -0.2) is 61.3 Å². The lowest BCUT2D eigenvalue weighted by atomic mass is 10.00. The Hall–Kier alpha value is -3.31. The van der Waals surface area contributed by atoms with Gasteiger partial charge in [0.1, 0.15) is 46.5 Å². The molecule has 10 nitrogen and oxygen atoms in total. The zero-order valence-corrected chi connectivity index (χ0v) is 16.2. The fourth-order valence-corrected chi connectivity index (χ4v) is 3.44. The van der Waals surface area contributed by atoms with Crippen LogP contribution in [0.1, 0.15) is 6.92 Å². The molecule has 1 aliphatic rings. The van der Waals surface area contributed by atoms with E-state index in [1.54, 1.807) is 0 Å². The monoisotopic (exact) mass is 432 g/mol. The van der Waals surface area contributed by atoms with Crippen LogP contribution in [0.25, 0.3) is 22.3 Å². The predicted octanol–water partition coefficient (Wildman–Crippen LogP) is 0.783. The van der Waals surface area contributed by atoms with Gasteiger partial charge in [0.15, 0.2) is 5.76 Å². The number of phenolic OH excluding ortho intramolecular Hbond substituents is 3. The van der Waals surface area contributed by atoms with Crippen molar-refractivity contribution in [1.29, 1.82) is 0 Å². The molecular weight excluding hydrogens is 412 g/mol. The number of hydrogen-bond acceptors (Lipinski definition) is 10. The maximum absolute atomic E-state index is 13.2. The molecule has 3 aromatic rings. The maximum atomic E-state index is 13.2. The van der Waals surface area contributed by atoms with E-state index in [1.165, 1.54) is 31.2 Å². The van der Waals surface area contributed by atoms with E-state index >= 15 is 0 Å². The molecule has 0 spiro atoms. The van der Waals surface area contributed by atoms with Crippen LogP contribution in [0.3, 0.4) is 0 Å². The highest BCUT2D eigenvalue weighted by Crippen LogP contribution is 2.37. The Balaban J connectivity index is 1.91. The van der Waals surface area contributed by atoms with Gasteiger partial charge < -0.3 is 44.5 Å². The fourth-order valence-electron chi connectivity index (χ4n) is 3.44. The number of benzene rings is 2. The van der Waals surface area contributed by atoms with Crippen molar-refractivity contribution >= 4 is 11.0 Å². The molecule has 0 amide bonds. The Morgan fingerprint density at radius 1 is 0.935 bits per heavy atom. The van der Waals surface area contributed by atoms with Crippen LogP contribution < -0.4 is 10.2 Å². The molecule has 1 aromatic heterocycles. The van der Waals surface area contributed by atoms with Gasteiger partial charge in [-0.1, -0.05) is 12.1 Å². The molecule has 4 rings (SSSR count). The summed E-state index contributed by atoms with van der Waals surface area (Å²) in [5.41, 5.74) is -0.779. The molecular formula is C21H20O10. The summed E-state index contributed by atoms with van der Waals surface area (Å²) in [6, 6.07) is 7.77. The van der Waals surface area contributed by atoms with Gasteiger partial charge in [0, 0.05) is 17.7 Å². The molecule has 0 unspecified atom stereocenters. The van der Waals surface area contributed by atoms with Crippen LogP contribution in [0.15, 0.2) is 45.6 Å². The van der Waals surface area contributed by atoms with E-state index in [9.17, 15) is 35.4 Å². The summed E-state index contributed by atoms with van der Waals surface area (Å²) in [5, 5.41) is 59.6. The van der Waals surface area contributed by atoms with Gasteiger partial charge in [-0.3, -0.25) is 4.79 Å². The second-order valence-electron chi connectivity index (χ2n) is 7.28. The molecule has 5 atom stereocenters. The van der Waals surface area contributed by atoms with Crippen molar-refractivity contribution in [1.82, 2.24) is 0 Å². The van der Waals surface area contributed by atoms with Crippen molar-refractivity contribution in [3.05, 3.63) is 46.6 Å². The van der Waals surface area contributed by atoms with Crippen LogP contribution >= 0.6 is 0 Å². The lowest BCUT2D eigenvalue weighted by Crippen LogP contribution is -2.58. The van der Waals surface area contributed by atoms with Crippen LogP contribution in [0.5, 0.6) is 23.0 Å². The number of phenols is 3. The number of hydrogen-bond donors (Lipinski definition) is 6. The number of aromatic hydroxyl groups is 3. The third-order valence-corrected chi connectivity index (χ3v) is 5.07. The minimum atomic E-state index is -1.70. The molecule has 0 saturated carbocycles. The lowest BCUT2D eigenvalue weighted by Gasteiger charge is -2.38. The van der Waals surface area contributed by atoms with Crippen molar-refractivity contribution in [3.8, 4) is 34.3 Å². The van der Waals surface area contributed by atoms with Crippen molar-refractivity contribution in [2.75, 3.05) is 0 Å². The van der Waals surface area contributed by atoms with Crippen molar-refractivity contribution in [2.24, 2.45) is 0 Å². The van der Waals surface area contributed by atoms with Gasteiger partial charge in [0.2, 0.25) is 17.5 Å². The summed E-state index contributed by atoms with van der Waals surface area (Å²) in [6.07, 6.45) is -7.16. The van der Waals surface area contributed by atoms with Gasteiger partial charge >= 0.3 is 0 Å². The average Bonchev–Trinajstić information content (AvgIpc) is 2.71. The van der Waals surface area contributed by atoms with Crippen molar-refractivity contribution in [3.63, 3.8) is 0 Å². The second kappa shape index (κ2) is 7.75. The Morgan fingerprint density at radius 2 is 1.68 bits per heavy atom. The molecule has 1 aliphatic heterocycles. The zero-order chi connectivity index (χ0) is 22.4. The summed E-state index contributed by atoms with van der Waals surface area (Å²) in [6.45, 7) is 1.45. The number of aliphatic hydroxyl groups excluding tert-OH is 3. The van der Waals surface area contributed by atoms with Gasteiger partial charge in [0.25, 0.3) is 0 Å². The Morgan fingerprint density at radius 3 is 2.39 bits per heavy atom. The van der Waals surface area contributed by atoms with Gasteiger partial charge in [-0.25, -0.2) is 0 Å². The molecule has 6 N–H and O–H groups in total. The average molecular weight is 432 g/mol. The highest BCUT2D eigenvalue weighted by Gasteiger charge is 2.44. The van der Waals surface area contributed by atoms with E-state index in [0.29, 0.717) is 0 Å². The smallest absolute Gasteiger partial charge is 0.239 e. The summed E-state index contributed by atoms with van der Waals surface area (Å²) in [7, 11) is 0. The molecule has 164 valence electrons. The highest BCUT2D eigenvalue weighted by atomic mass is 16.7. The summed E-state index contributed by atoms with van der Waals surface area (Å²) >= 11 is 0. The molecule has 1 fully saturated rings. The summed E-state index contributed by atoms with van der Waals surface area (Å²) in [5.74, 6) is -1.70. The molecule has 10 heteroatoms. The standard InChI is InChI=1S/C21H20O10/c1-8-15(25)17(27)18(28)21(29-8)31-20-16(26)14-12(24)6-11(23)7-13(14)30-19(20)9-3-2-4-10(22)5-9/h2-8,15,17-18,21-25,27-28H,1H3/t8-,15-,17+,18+,21-/m0/s1. The number of fused-ring (bicyclic) bond motifs is 1. The molecule has 0 bridgehead atoms. The van der Waals surface area contributed by atoms with Crippen LogP contribution in [0.2, 0.25) is 0 Å². The first kappa shape index (κ1) is 20.9. The van der Waals surface area contributed by atoms with E-state index in [1.807, 2.05) is 0 Å². The first-order chi connectivity index (χ1) is 14.7. The van der Waals surface area contributed by atoms with Crippen LogP contribution in [0, 0.1) is 0 Å². The van der Waals surface area contributed by atoms with Crippen molar-refractivity contribution < 1.29 is 44.5 Å². The SMILES string of the molecule is C[C@@H]1O[C@@H](Oc2c(-c3cccc(O)c3)oc3cc(O)cc(O)c3c2=O)[C@H](O)[C@H](O)[C@H]1O. The molecule has 31 heavy (non-hydrogen) atoms. The summed E-state index contributed by atoms with van der Waals surface area (Å²) in [4.78, 5) is 13.2. The highest BCUT2D eigenvalue weighted by molar-refractivity contribution is 5.88. The topological polar surface area (TPSA) is 170 Å². The normalized spacial score (nSPS) is 26.1. The summed E-state index contributed by atoms with van der Waals surface area (Å²) < 4.78 is 16.7. The fraction of sp³-hybridized carbons (Fsp3) is 0.286. The Bertz CT molecular complexity index is 1190. The first-order valence-corrected chi connectivity index (χ1v) is 9.36. The Labute approximate surface area is 174 Å². The predicted molar refractivity (Wildman–Crippen MR) is 106 cm³/mol. The van der Waals surface area contributed by atoms with E-state index in [2.05, 4.69) is 0 Å². The third-order valence-electron chi connectivity index (χ3n) is 5.07. The third kappa shape index (κ3) is 3.66. The van der Waals surface area contributed by atoms with Gasteiger partial charge in [-0.2, -0.15) is 0 Å². The zero-order valence-electron chi connectivity index (χ0n) is 16.2. The maximum Gasteiger partial charge on any atom is 0.239 e. The van der Waals surface area contributed by atoms with Crippen LogP contribution in [0.4, 0.5) is 0 Å². The molecule has 0 radical (unpaired) electrons. The van der Waals surface area contributed by atoms with Crippen LogP contribution in [-0.2, 0) is 4.74 Å². The molecule has 2 aromatic carbocycles. The first-order valence-electron chi connectivity index (χ1n) is 9.36. The van der Waals surface area contributed by atoms with Gasteiger partial charge in [0.05, 0.1) is 6.10 Å². The van der Waals surface area contributed by atoms with Gasteiger partial charge in [-0.05, 0) is 19.1 Å². The quantitative estimate of drug-likeness (QED) is 0.348. The van der Waals surface area contributed by atoms with Crippen molar-refractivity contribution in [2.45, 2.75) is 37.6 Å². The second-order valence-corrected chi connectivity index (χ2v) is 7.28.